The van der Waals surface area contributed by atoms with Crippen LogP contribution in [0.5, 0.6) is 0 Å². The number of nitrogens with zero attached hydrogens (tertiary/aromatic N) is 2. The van der Waals surface area contributed by atoms with Gasteiger partial charge in [-0.3, -0.25) is 19.8 Å². The number of hydrogen-bond donors (Lipinski definition) is 2. The van der Waals surface area contributed by atoms with Gasteiger partial charge >= 0.3 is 5.97 Å². The van der Waals surface area contributed by atoms with Gasteiger partial charge in [0.1, 0.15) is 6.04 Å². The van der Waals surface area contributed by atoms with Crippen LogP contribution in [0.4, 0.5) is 5.69 Å². The molecule has 1 aliphatic rings. The van der Waals surface area contributed by atoms with Crippen molar-refractivity contribution in [2.24, 2.45) is 0 Å². The van der Waals surface area contributed by atoms with E-state index in [-0.39, 0.29) is 11.7 Å². The molecule has 1 saturated heterocycles. The third-order valence-electron chi connectivity index (χ3n) is 3.98. The predicted molar refractivity (Wildman–Crippen MR) is 77.2 cm³/mol. The number of carboxylic acid groups (broad SMARTS) is 1. The van der Waals surface area contributed by atoms with Crippen molar-refractivity contribution in [3.05, 3.63) is 39.4 Å². The maximum Gasteiger partial charge on any atom is 0.322 e. The number of aryl methyl sites for hydroxylation is 1. The highest BCUT2D eigenvalue weighted by atomic mass is 16.6. The molecule has 114 valence electrons. The normalized spacial score (nSPS) is 21.0. The first-order valence-electron chi connectivity index (χ1n) is 6.86. The van der Waals surface area contributed by atoms with Crippen LogP contribution in [0.3, 0.4) is 0 Å². The number of nitro benzene ring substituents is 1. The average Bonchev–Trinajstić information content (AvgIpc) is 2.46. The number of hydrogen-bond acceptors (Lipinski definition) is 5. The molecule has 7 heteroatoms. The van der Waals surface area contributed by atoms with Gasteiger partial charge in [-0.2, -0.15) is 0 Å². The number of benzene rings is 1. The fraction of sp³-hybridized carbons (Fsp3) is 0.500. The van der Waals surface area contributed by atoms with Crippen LogP contribution in [-0.4, -0.2) is 46.6 Å². The molecule has 0 radical (unpaired) electrons. The Balaban J connectivity index is 2.30. The SMILES string of the molecule is Cc1ccc(C(C)N2CCNCC2C(=O)O)cc1[N+](=O)[O-]. The van der Waals surface area contributed by atoms with Crippen molar-refractivity contribution >= 4 is 11.7 Å². The second-order valence-corrected chi connectivity index (χ2v) is 5.27. The molecule has 2 rings (SSSR count). The smallest absolute Gasteiger partial charge is 0.322 e. The van der Waals surface area contributed by atoms with Crippen LogP contribution >= 0.6 is 0 Å². The van der Waals surface area contributed by atoms with Crippen molar-refractivity contribution in [1.82, 2.24) is 10.2 Å². The van der Waals surface area contributed by atoms with E-state index in [1.165, 1.54) is 0 Å². The first kappa shape index (κ1) is 15.4. The van der Waals surface area contributed by atoms with E-state index in [9.17, 15) is 20.0 Å². The van der Waals surface area contributed by atoms with Gasteiger partial charge in [0.05, 0.1) is 4.92 Å². The second-order valence-electron chi connectivity index (χ2n) is 5.27. The van der Waals surface area contributed by atoms with Gasteiger partial charge in [-0.25, -0.2) is 0 Å². The lowest BCUT2D eigenvalue weighted by molar-refractivity contribution is -0.385. The van der Waals surface area contributed by atoms with Crippen LogP contribution in [0.25, 0.3) is 0 Å². The fourth-order valence-electron chi connectivity index (χ4n) is 2.69. The lowest BCUT2D eigenvalue weighted by Crippen LogP contribution is -2.55. The van der Waals surface area contributed by atoms with Gasteiger partial charge in [0.2, 0.25) is 0 Å². The molecule has 1 fully saturated rings. The van der Waals surface area contributed by atoms with Gasteiger partial charge in [-0.1, -0.05) is 12.1 Å². The van der Waals surface area contributed by atoms with Crippen LogP contribution in [0, 0.1) is 17.0 Å². The molecule has 7 nitrogen and oxygen atoms in total. The maximum absolute atomic E-state index is 11.3. The molecule has 0 aromatic heterocycles. The van der Waals surface area contributed by atoms with E-state index in [4.69, 9.17) is 0 Å². The Morgan fingerprint density at radius 1 is 1.57 bits per heavy atom. The van der Waals surface area contributed by atoms with Crippen molar-refractivity contribution in [2.45, 2.75) is 25.9 Å². The Hall–Kier alpha value is -1.99. The largest absolute Gasteiger partial charge is 0.480 e. The molecular weight excluding hydrogens is 274 g/mol. The Bertz CT molecular complexity index is 561. The summed E-state index contributed by atoms with van der Waals surface area (Å²) in [5, 5.41) is 23.4. The molecule has 0 spiro atoms. The minimum absolute atomic E-state index is 0.0707. The third-order valence-corrected chi connectivity index (χ3v) is 3.98. The van der Waals surface area contributed by atoms with E-state index in [0.717, 1.165) is 5.56 Å². The summed E-state index contributed by atoms with van der Waals surface area (Å²) >= 11 is 0. The molecular formula is C14H19N3O4. The Morgan fingerprint density at radius 2 is 2.29 bits per heavy atom. The minimum atomic E-state index is -0.879. The van der Waals surface area contributed by atoms with E-state index in [1.807, 2.05) is 17.9 Å². The molecule has 1 aliphatic heterocycles. The van der Waals surface area contributed by atoms with Gasteiger partial charge in [0.25, 0.3) is 5.69 Å². The number of carbonyl (C=O) groups is 1. The zero-order valence-electron chi connectivity index (χ0n) is 12.1. The van der Waals surface area contributed by atoms with Crippen LogP contribution in [0.2, 0.25) is 0 Å². The molecule has 2 atom stereocenters. The summed E-state index contributed by atoms with van der Waals surface area (Å²) < 4.78 is 0. The van der Waals surface area contributed by atoms with Crippen molar-refractivity contribution in [1.29, 1.82) is 0 Å². The first-order chi connectivity index (χ1) is 9.91. The lowest BCUT2D eigenvalue weighted by Gasteiger charge is -2.38. The van der Waals surface area contributed by atoms with Crippen LogP contribution in [0.15, 0.2) is 18.2 Å². The number of rotatable bonds is 4. The van der Waals surface area contributed by atoms with Crippen molar-refractivity contribution in [2.75, 3.05) is 19.6 Å². The molecule has 0 aliphatic carbocycles. The number of nitrogens with one attached hydrogen (secondary N) is 1. The summed E-state index contributed by atoms with van der Waals surface area (Å²) in [6, 6.07) is 4.28. The van der Waals surface area contributed by atoms with E-state index >= 15 is 0 Å². The molecule has 0 bridgehead atoms. The summed E-state index contributed by atoms with van der Waals surface area (Å²) in [7, 11) is 0. The van der Waals surface area contributed by atoms with Crippen molar-refractivity contribution in [3.63, 3.8) is 0 Å². The predicted octanol–water partition coefficient (Wildman–Crippen LogP) is 1.32. The van der Waals surface area contributed by atoms with Crippen LogP contribution < -0.4 is 5.32 Å². The van der Waals surface area contributed by atoms with Crippen molar-refractivity contribution < 1.29 is 14.8 Å². The number of piperazine rings is 1. The quantitative estimate of drug-likeness (QED) is 0.642. The second kappa shape index (κ2) is 6.19. The molecule has 1 heterocycles. The molecule has 21 heavy (non-hydrogen) atoms. The standard InChI is InChI=1S/C14H19N3O4/c1-9-3-4-11(7-12(9)17(20)21)10(2)16-6-5-15-8-13(16)14(18)19/h3-4,7,10,13,15H,5-6,8H2,1-2H3,(H,18,19). The van der Waals surface area contributed by atoms with Gasteiger partial charge < -0.3 is 10.4 Å². The minimum Gasteiger partial charge on any atom is -0.480 e. The highest BCUT2D eigenvalue weighted by Gasteiger charge is 2.32. The van der Waals surface area contributed by atoms with Gasteiger partial charge in [-0.15, -0.1) is 0 Å². The summed E-state index contributed by atoms with van der Waals surface area (Å²) in [6.45, 7) is 5.27. The van der Waals surface area contributed by atoms with E-state index < -0.39 is 16.9 Å². The summed E-state index contributed by atoms with van der Waals surface area (Å²) in [5.74, 6) is -0.879. The zero-order chi connectivity index (χ0) is 15.6. The Kier molecular flexibility index (Phi) is 4.54. The highest BCUT2D eigenvalue weighted by molar-refractivity contribution is 5.74. The molecule has 1 aromatic carbocycles. The third kappa shape index (κ3) is 3.20. The van der Waals surface area contributed by atoms with E-state index in [0.29, 0.717) is 25.2 Å². The molecule has 0 amide bonds. The highest BCUT2D eigenvalue weighted by Crippen LogP contribution is 2.28. The monoisotopic (exact) mass is 293 g/mol. The van der Waals surface area contributed by atoms with E-state index in [1.54, 1.807) is 19.1 Å². The zero-order valence-corrected chi connectivity index (χ0v) is 12.1. The lowest BCUT2D eigenvalue weighted by atomic mass is 10.0. The average molecular weight is 293 g/mol. The van der Waals surface area contributed by atoms with Crippen molar-refractivity contribution in [3.8, 4) is 0 Å². The van der Waals surface area contributed by atoms with Crippen LogP contribution in [-0.2, 0) is 4.79 Å². The Labute approximate surface area is 122 Å². The molecule has 0 saturated carbocycles. The van der Waals surface area contributed by atoms with Gasteiger partial charge in [-0.05, 0) is 19.4 Å². The maximum atomic E-state index is 11.3. The summed E-state index contributed by atoms with van der Waals surface area (Å²) in [6.07, 6.45) is 0. The summed E-state index contributed by atoms with van der Waals surface area (Å²) in [4.78, 5) is 23.8. The first-order valence-corrected chi connectivity index (χ1v) is 6.86. The van der Waals surface area contributed by atoms with E-state index in [2.05, 4.69) is 5.32 Å². The number of nitro groups is 1. The number of carboxylic acids is 1. The fourth-order valence-corrected chi connectivity index (χ4v) is 2.69. The Morgan fingerprint density at radius 3 is 2.90 bits per heavy atom. The molecule has 1 aromatic rings. The van der Waals surface area contributed by atoms with Gasteiger partial charge in [0.15, 0.2) is 0 Å². The molecule has 2 N–H and O–H groups in total. The molecule has 2 unspecified atom stereocenters. The van der Waals surface area contributed by atoms with Crippen LogP contribution in [0.1, 0.15) is 24.1 Å². The van der Waals surface area contributed by atoms with Gasteiger partial charge in [0, 0.05) is 37.3 Å². The summed E-state index contributed by atoms with van der Waals surface area (Å²) in [5.41, 5.74) is 1.44. The topological polar surface area (TPSA) is 95.7 Å². The number of aliphatic carboxylic acids is 1.